The molecule has 0 amide bonds. The van der Waals surface area contributed by atoms with E-state index in [-0.39, 0.29) is 6.10 Å². The van der Waals surface area contributed by atoms with Crippen molar-refractivity contribution in [2.24, 2.45) is 5.92 Å². The predicted molar refractivity (Wildman–Crippen MR) is 60.0 cm³/mol. The standard InChI is InChI=1S/C12H23NO2/c1-13-11-6-7-14-9-12(11)15-8-5-10-3-2-4-10/h10-13H,2-9H2,1H3. The Morgan fingerprint density at radius 1 is 1.33 bits per heavy atom. The highest BCUT2D eigenvalue weighted by atomic mass is 16.5. The smallest absolute Gasteiger partial charge is 0.0961 e. The molecule has 1 saturated heterocycles. The van der Waals surface area contributed by atoms with Crippen LogP contribution in [0.25, 0.3) is 0 Å². The highest BCUT2D eigenvalue weighted by Gasteiger charge is 2.25. The summed E-state index contributed by atoms with van der Waals surface area (Å²) >= 11 is 0. The third-order valence-electron chi connectivity index (χ3n) is 3.76. The van der Waals surface area contributed by atoms with Gasteiger partial charge in [-0.05, 0) is 25.8 Å². The normalized spacial score (nSPS) is 32.6. The molecule has 2 rings (SSSR count). The fraction of sp³-hybridized carbons (Fsp3) is 1.00. The van der Waals surface area contributed by atoms with Gasteiger partial charge in [0.15, 0.2) is 0 Å². The van der Waals surface area contributed by atoms with Gasteiger partial charge in [-0.1, -0.05) is 19.3 Å². The van der Waals surface area contributed by atoms with Crippen molar-refractivity contribution in [3.05, 3.63) is 0 Å². The van der Waals surface area contributed by atoms with Crippen molar-refractivity contribution in [3.8, 4) is 0 Å². The van der Waals surface area contributed by atoms with Crippen molar-refractivity contribution in [2.75, 3.05) is 26.9 Å². The number of hydrogen-bond acceptors (Lipinski definition) is 3. The zero-order valence-corrected chi connectivity index (χ0v) is 9.71. The molecule has 0 aromatic rings. The lowest BCUT2D eigenvalue weighted by molar-refractivity contribution is -0.0715. The first kappa shape index (κ1) is 11.4. The van der Waals surface area contributed by atoms with Crippen LogP contribution in [0.3, 0.4) is 0 Å². The van der Waals surface area contributed by atoms with E-state index < -0.39 is 0 Å². The van der Waals surface area contributed by atoms with E-state index in [1.54, 1.807) is 0 Å². The van der Waals surface area contributed by atoms with Crippen molar-refractivity contribution in [2.45, 2.75) is 44.2 Å². The van der Waals surface area contributed by atoms with Crippen LogP contribution in [0.15, 0.2) is 0 Å². The molecule has 0 bridgehead atoms. The van der Waals surface area contributed by atoms with Gasteiger partial charge in [-0.25, -0.2) is 0 Å². The van der Waals surface area contributed by atoms with Crippen LogP contribution in [-0.4, -0.2) is 39.0 Å². The number of hydrogen-bond donors (Lipinski definition) is 1. The molecule has 0 radical (unpaired) electrons. The van der Waals surface area contributed by atoms with E-state index in [1.165, 1.54) is 25.7 Å². The summed E-state index contributed by atoms with van der Waals surface area (Å²) < 4.78 is 11.4. The molecule has 3 nitrogen and oxygen atoms in total. The largest absolute Gasteiger partial charge is 0.379 e. The minimum Gasteiger partial charge on any atom is -0.379 e. The number of rotatable bonds is 5. The van der Waals surface area contributed by atoms with Crippen LogP contribution in [0.5, 0.6) is 0 Å². The highest BCUT2D eigenvalue weighted by Crippen LogP contribution is 2.29. The van der Waals surface area contributed by atoms with Crippen molar-refractivity contribution in [1.29, 1.82) is 0 Å². The average molecular weight is 213 g/mol. The topological polar surface area (TPSA) is 30.5 Å². The Morgan fingerprint density at radius 3 is 2.87 bits per heavy atom. The van der Waals surface area contributed by atoms with Gasteiger partial charge in [-0.15, -0.1) is 0 Å². The number of likely N-dealkylation sites (N-methyl/N-ethyl adjacent to an activating group) is 1. The van der Waals surface area contributed by atoms with Crippen LogP contribution >= 0.6 is 0 Å². The molecule has 1 heterocycles. The van der Waals surface area contributed by atoms with E-state index in [1.807, 2.05) is 7.05 Å². The van der Waals surface area contributed by atoms with Gasteiger partial charge >= 0.3 is 0 Å². The van der Waals surface area contributed by atoms with Crippen LogP contribution < -0.4 is 5.32 Å². The number of ether oxygens (including phenoxy) is 2. The number of nitrogens with one attached hydrogen (secondary N) is 1. The van der Waals surface area contributed by atoms with Gasteiger partial charge in [0.2, 0.25) is 0 Å². The third-order valence-corrected chi connectivity index (χ3v) is 3.76. The Bertz CT molecular complexity index is 182. The molecule has 1 aliphatic heterocycles. The minimum atomic E-state index is 0.267. The van der Waals surface area contributed by atoms with E-state index in [4.69, 9.17) is 9.47 Å². The lowest BCUT2D eigenvalue weighted by atomic mass is 9.83. The maximum absolute atomic E-state index is 5.91. The Kier molecular flexibility index (Phi) is 4.42. The van der Waals surface area contributed by atoms with Crippen LogP contribution in [0.1, 0.15) is 32.1 Å². The molecule has 2 unspecified atom stereocenters. The van der Waals surface area contributed by atoms with Crippen molar-refractivity contribution < 1.29 is 9.47 Å². The molecule has 15 heavy (non-hydrogen) atoms. The first-order chi connectivity index (χ1) is 7.40. The first-order valence-corrected chi connectivity index (χ1v) is 6.26. The van der Waals surface area contributed by atoms with Gasteiger partial charge in [0.05, 0.1) is 12.7 Å². The summed E-state index contributed by atoms with van der Waals surface area (Å²) in [5.74, 6) is 0.947. The summed E-state index contributed by atoms with van der Waals surface area (Å²) in [7, 11) is 2.01. The second kappa shape index (κ2) is 5.83. The molecule has 2 aliphatic rings. The second-order valence-corrected chi connectivity index (χ2v) is 4.75. The van der Waals surface area contributed by atoms with Crippen LogP contribution in [0.4, 0.5) is 0 Å². The van der Waals surface area contributed by atoms with E-state index in [0.717, 1.165) is 32.2 Å². The molecule has 88 valence electrons. The summed E-state index contributed by atoms with van der Waals surface area (Å²) in [6.07, 6.45) is 6.84. The molecular weight excluding hydrogens is 190 g/mol. The molecule has 0 aromatic carbocycles. The summed E-state index contributed by atoms with van der Waals surface area (Å²) in [4.78, 5) is 0. The van der Waals surface area contributed by atoms with Crippen LogP contribution in [0, 0.1) is 5.92 Å². The zero-order valence-electron chi connectivity index (χ0n) is 9.71. The van der Waals surface area contributed by atoms with E-state index in [2.05, 4.69) is 5.32 Å². The summed E-state index contributed by atoms with van der Waals surface area (Å²) in [6, 6.07) is 0.486. The minimum absolute atomic E-state index is 0.267. The quantitative estimate of drug-likeness (QED) is 0.752. The third kappa shape index (κ3) is 3.16. The van der Waals surface area contributed by atoms with E-state index >= 15 is 0 Å². The molecule has 3 heteroatoms. The van der Waals surface area contributed by atoms with Crippen molar-refractivity contribution in [3.63, 3.8) is 0 Å². The Labute approximate surface area is 92.5 Å². The maximum Gasteiger partial charge on any atom is 0.0961 e. The molecule has 1 aliphatic carbocycles. The van der Waals surface area contributed by atoms with Gasteiger partial charge < -0.3 is 14.8 Å². The summed E-state index contributed by atoms with van der Waals surface area (Å²) in [6.45, 7) is 2.54. The Hall–Kier alpha value is -0.120. The fourth-order valence-electron chi connectivity index (χ4n) is 2.37. The summed E-state index contributed by atoms with van der Waals surface area (Å²) in [5, 5.41) is 3.32. The molecule has 2 atom stereocenters. The zero-order chi connectivity index (χ0) is 10.5. The fourth-order valence-corrected chi connectivity index (χ4v) is 2.37. The van der Waals surface area contributed by atoms with Gasteiger partial charge in [-0.3, -0.25) is 0 Å². The lowest BCUT2D eigenvalue weighted by Gasteiger charge is -2.32. The van der Waals surface area contributed by atoms with E-state index in [9.17, 15) is 0 Å². The van der Waals surface area contributed by atoms with Gasteiger partial charge in [0.1, 0.15) is 0 Å². The monoisotopic (exact) mass is 213 g/mol. The molecule has 1 saturated carbocycles. The summed E-state index contributed by atoms with van der Waals surface area (Å²) in [5.41, 5.74) is 0. The Balaban J connectivity index is 1.62. The van der Waals surface area contributed by atoms with Gasteiger partial charge in [0, 0.05) is 19.3 Å². The molecule has 0 spiro atoms. The van der Waals surface area contributed by atoms with Gasteiger partial charge in [0.25, 0.3) is 0 Å². The van der Waals surface area contributed by atoms with E-state index in [0.29, 0.717) is 6.04 Å². The molecule has 2 fully saturated rings. The second-order valence-electron chi connectivity index (χ2n) is 4.75. The van der Waals surface area contributed by atoms with Crippen molar-refractivity contribution in [1.82, 2.24) is 5.32 Å². The predicted octanol–water partition coefficient (Wildman–Crippen LogP) is 1.57. The average Bonchev–Trinajstić information content (AvgIpc) is 2.22. The van der Waals surface area contributed by atoms with Crippen LogP contribution in [-0.2, 0) is 9.47 Å². The van der Waals surface area contributed by atoms with Crippen LogP contribution in [0.2, 0.25) is 0 Å². The Morgan fingerprint density at radius 2 is 2.20 bits per heavy atom. The maximum atomic E-state index is 5.91. The first-order valence-electron chi connectivity index (χ1n) is 6.26. The molecule has 0 aromatic heterocycles. The lowest BCUT2D eigenvalue weighted by Crippen LogP contribution is -2.46. The van der Waals surface area contributed by atoms with Gasteiger partial charge in [-0.2, -0.15) is 0 Å². The molecule has 1 N–H and O–H groups in total. The SMILES string of the molecule is CNC1CCOCC1OCCC1CCC1. The molecular formula is C12H23NO2. The highest BCUT2D eigenvalue weighted by molar-refractivity contribution is 4.79. The van der Waals surface area contributed by atoms with Crippen molar-refractivity contribution >= 4 is 0 Å².